The van der Waals surface area contributed by atoms with Crippen LogP contribution in [0.3, 0.4) is 0 Å². The highest BCUT2D eigenvalue weighted by atomic mass is 16.5. The lowest BCUT2D eigenvalue weighted by atomic mass is 10.0. The Labute approximate surface area is 180 Å². The Morgan fingerprint density at radius 1 is 0.742 bits per heavy atom. The van der Waals surface area contributed by atoms with E-state index in [4.69, 9.17) is 9.47 Å². The van der Waals surface area contributed by atoms with Gasteiger partial charge in [0.15, 0.2) is 0 Å². The van der Waals surface area contributed by atoms with Crippen molar-refractivity contribution in [2.45, 2.75) is 0 Å². The van der Waals surface area contributed by atoms with Crippen LogP contribution in [0.5, 0.6) is 11.5 Å². The van der Waals surface area contributed by atoms with E-state index in [-0.39, 0.29) is 5.70 Å². The van der Waals surface area contributed by atoms with Crippen LogP contribution in [0, 0.1) is 0 Å². The predicted octanol–water partition coefficient (Wildman–Crippen LogP) is 4.12. The average molecular weight is 414 g/mol. The first-order valence-corrected chi connectivity index (χ1v) is 9.76. The molecule has 1 aliphatic rings. The molecule has 3 aromatic rings. The third-order valence-corrected chi connectivity index (χ3v) is 5.25. The van der Waals surface area contributed by atoms with E-state index in [9.17, 15) is 9.59 Å². The molecule has 0 N–H and O–H groups in total. The number of imide groups is 1. The molecule has 156 valence electrons. The largest absolute Gasteiger partial charge is 0.497 e. The van der Waals surface area contributed by atoms with Crippen molar-refractivity contribution in [3.63, 3.8) is 0 Å². The van der Waals surface area contributed by atoms with Crippen molar-refractivity contribution in [1.82, 2.24) is 0 Å². The molecule has 4 rings (SSSR count). The van der Waals surface area contributed by atoms with Gasteiger partial charge in [-0.15, -0.1) is 0 Å². The van der Waals surface area contributed by atoms with Gasteiger partial charge in [0.1, 0.15) is 17.2 Å². The van der Waals surface area contributed by atoms with Gasteiger partial charge in [-0.2, -0.15) is 0 Å². The van der Waals surface area contributed by atoms with Crippen LogP contribution >= 0.6 is 0 Å². The molecule has 0 fully saturated rings. The van der Waals surface area contributed by atoms with E-state index in [1.807, 2.05) is 42.5 Å². The normalized spacial score (nSPS) is 13.6. The zero-order chi connectivity index (χ0) is 22.0. The smallest absolute Gasteiger partial charge is 0.282 e. The Hall–Kier alpha value is -4.06. The lowest BCUT2D eigenvalue weighted by molar-refractivity contribution is -0.120. The van der Waals surface area contributed by atoms with Gasteiger partial charge in [0, 0.05) is 18.3 Å². The first-order valence-electron chi connectivity index (χ1n) is 9.76. The maximum Gasteiger partial charge on any atom is 0.282 e. The number of anilines is 2. The predicted molar refractivity (Wildman–Crippen MR) is 120 cm³/mol. The minimum Gasteiger partial charge on any atom is -0.497 e. The maximum atomic E-state index is 13.6. The molecule has 0 radical (unpaired) electrons. The highest BCUT2D eigenvalue weighted by Crippen LogP contribution is 2.39. The number of para-hydroxylation sites is 2. The molecule has 1 aliphatic heterocycles. The van der Waals surface area contributed by atoms with E-state index < -0.39 is 11.8 Å². The first kappa shape index (κ1) is 20.2. The Bertz CT molecular complexity index is 1150. The number of amides is 2. The maximum absolute atomic E-state index is 13.6. The summed E-state index contributed by atoms with van der Waals surface area (Å²) < 4.78 is 10.7. The van der Waals surface area contributed by atoms with Gasteiger partial charge in [-0.1, -0.05) is 36.4 Å². The van der Waals surface area contributed by atoms with E-state index in [0.29, 0.717) is 28.3 Å². The molecule has 0 bridgehead atoms. The van der Waals surface area contributed by atoms with Crippen molar-refractivity contribution in [2.75, 3.05) is 31.1 Å². The van der Waals surface area contributed by atoms with Crippen LogP contribution in [-0.4, -0.2) is 33.1 Å². The fourth-order valence-corrected chi connectivity index (χ4v) is 3.67. The van der Waals surface area contributed by atoms with Crippen molar-refractivity contribution >= 4 is 28.8 Å². The monoisotopic (exact) mass is 414 g/mol. The van der Waals surface area contributed by atoms with Gasteiger partial charge >= 0.3 is 0 Å². The Morgan fingerprint density at radius 2 is 1.39 bits per heavy atom. The standard InChI is InChI=1S/C25H22N2O4/c1-26(17-9-5-4-6-10-17)23-22(20-11-7-8-12-21(20)31-3)24(28)27(25(23)29)18-13-15-19(30-2)16-14-18/h4-16H,1-3H3. The van der Waals surface area contributed by atoms with Crippen molar-refractivity contribution in [1.29, 1.82) is 0 Å². The van der Waals surface area contributed by atoms with Gasteiger partial charge in [-0.25, -0.2) is 4.90 Å². The van der Waals surface area contributed by atoms with Crippen molar-refractivity contribution in [2.24, 2.45) is 0 Å². The average Bonchev–Trinajstić information content (AvgIpc) is 3.08. The number of hydrogen-bond donors (Lipinski definition) is 0. The van der Waals surface area contributed by atoms with Crippen molar-refractivity contribution in [3.8, 4) is 11.5 Å². The minimum absolute atomic E-state index is 0.288. The molecule has 0 aliphatic carbocycles. The van der Waals surface area contributed by atoms with Gasteiger partial charge in [-0.3, -0.25) is 9.59 Å². The summed E-state index contributed by atoms with van der Waals surface area (Å²) in [6, 6.07) is 23.5. The zero-order valence-corrected chi connectivity index (χ0v) is 17.5. The SMILES string of the molecule is COc1ccc(N2C(=O)C(c3ccccc3OC)=C(N(C)c3ccccc3)C2=O)cc1. The number of hydrogen-bond acceptors (Lipinski definition) is 5. The van der Waals surface area contributed by atoms with Crippen LogP contribution in [0.25, 0.3) is 5.57 Å². The molecule has 0 atom stereocenters. The summed E-state index contributed by atoms with van der Waals surface area (Å²) in [6.07, 6.45) is 0. The van der Waals surface area contributed by atoms with E-state index in [1.54, 1.807) is 62.6 Å². The van der Waals surface area contributed by atoms with Gasteiger partial charge in [0.2, 0.25) is 0 Å². The fourth-order valence-electron chi connectivity index (χ4n) is 3.67. The topological polar surface area (TPSA) is 59.1 Å². The molecule has 3 aromatic carbocycles. The molecule has 0 spiro atoms. The molecule has 2 amide bonds. The van der Waals surface area contributed by atoms with E-state index >= 15 is 0 Å². The molecule has 31 heavy (non-hydrogen) atoms. The first-order chi connectivity index (χ1) is 15.1. The molecule has 6 heteroatoms. The molecule has 0 aromatic heterocycles. The quantitative estimate of drug-likeness (QED) is 0.568. The Kier molecular flexibility index (Phi) is 5.45. The molecule has 0 saturated heterocycles. The second kappa shape index (κ2) is 8.36. The number of likely N-dealkylation sites (N-methyl/N-ethyl adjacent to an activating group) is 1. The van der Waals surface area contributed by atoms with E-state index in [2.05, 4.69) is 0 Å². The van der Waals surface area contributed by atoms with Crippen molar-refractivity contribution < 1.29 is 19.1 Å². The number of ether oxygens (including phenoxy) is 2. The molecule has 6 nitrogen and oxygen atoms in total. The van der Waals surface area contributed by atoms with Gasteiger partial charge in [0.05, 0.1) is 25.5 Å². The van der Waals surface area contributed by atoms with Crippen LogP contribution in [0.1, 0.15) is 5.56 Å². The molecular weight excluding hydrogens is 392 g/mol. The fraction of sp³-hybridized carbons (Fsp3) is 0.120. The second-order valence-electron chi connectivity index (χ2n) is 6.96. The summed E-state index contributed by atoms with van der Waals surface area (Å²) in [6.45, 7) is 0. The summed E-state index contributed by atoms with van der Waals surface area (Å²) in [7, 11) is 4.89. The molecular formula is C25H22N2O4. The van der Waals surface area contributed by atoms with Crippen LogP contribution in [0.4, 0.5) is 11.4 Å². The number of carbonyl (C=O) groups is 2. The number of methoxy groups -OCH3 is 2. The van der Waals surface area contributed by atoms with Crippen molar-refractivity contribution in [3.05, 3.63) is 90.1 Å². The number of rotatable bonds is 6. The van der Waals surface area contributed by atoms with Crippen LogP contribution in [-0.2, 0) is 9.59 Å². The number of carbonyl (C=O) groups excluding carboxylic acids is 2. The molecule has 1 heterocycles. The van der Waals surface area contributed by atoms with E-state index in [0.717, 1.165) is 5.69 Å². The molecule has 0 unspecified atom stereocenters. The third-order valence-electron chi connectivity index (χ3n) is 5.25. The minimum atomic E-state index is -0.405. The van der Waals surface area contributed by atoms with Crippen LogP contribution in [0.2, 0.25) is 0 Å². The third kappa shape index (κ3) is 3.53. The molecule has 0 saturated carbocycles. The lowest BCUT2D eigenvalue weighted by Crippen LogP contribution is -2.34. The highest BCUT2D eigenvalue weighted by molar-refractivity contribution is 6.46. The summed E-state index contributed by atoms with van der Waals surface area (Å²) in [5.74, 6) is 0.358. The highest BCUT2D eigenvalue weighted by Gasteiger charge is 2.43. The zero-order valence-electron chi connectivity index (χ0n) is 17.5. The van der Waals surface area contributed by atoms with Crippen LogP contribution in [0.15, 0.2) is 84.6 Å². The van der Waals surface area contributed by atoms with Gasteiger partial charge in [0.25, 0.3) is 11.8 Å². The lowest BCUT2D eigenvalue weighted by Gasteiger charge is -2.21. The second-order valence-corrected chi connectivity index (χ2v) is 6.96. The summed E-state index contributed by atoms with van der Waals surface area (Å²) in [4.78, 5) is 30.2. The van der Waals surface area contributed by atoms with Gasteiger partial charge < -0.3 is 14.4 Å². The summed E-state index contributed by atoms with van der Waals surface area (Å²) in [5.41, 5.74) is 2.42. The summed E-state index contributed by atoms with van der Waals surface area (Å²) in [5, 5.41) is 0. The summed E-state index contributed by atoms with van der Waals surface area (Å²) >= 11 is 0. The van der Waals surface area contributed by atoms with E-state index in [1.165, 1.54) is 4.90 Å². The van der Waals surface area contributed by atoms with Gasteiger partial charge in [-0.05, 0) is 42.5 Å². The van der Waals surface area contributed by atoms with Crippen LogP contribution < -0.4 is 19.3 Å². The Morgan fingerprint density at radius 3 is 2.03 bits per heavy atom. The number of nitrogens with zero attached hydrogens (tertiary/aromatic N) is 2. The Balaban J connectivity index is 1.89. The number of benzene rings is 3.